The Balaban J connectivity index is 1.80. The summed E-state index contributed by atoms with van der Waals surface area (Å²) >= 11 is 0. The summed E-state index contributed by atoms with van der Waals surface area (Å²) in [5, 5.41) is 6.32. The first kappa shape index (κ1) is 31.1. The Morgan fingerprint density at radius 3 is 2.35 bits per heavy atom. The number of carbonyl (C=O) groups is 2. The number of nitrogens with zero attached hydrogens (tertiary/aromatic N) is 3. The van der Waals surface area contributed by atoms with Crippen molar-refractivity contribution in [3.05, 3.63) is 107 Å². The van der Waals surface area contributed by atoms with Crippen molar-refractivity contribution in [1.29, 1.82) is 0 Å². The molecule has 0 aliphatic carbocycles. The number of aromatic nitrogens is 3. The molecule has 0 aliphatic rings. The molecule has 224 valence electrons. The number of hydrogen-bond donors (Lipinski definition) is 2. The fourth-order valence-electron chi connectivity index (χ4n) is 4.57. The number of hydrogen-bond acceptors (Lipinski definition) is 4. The van der Waals surface area contributed by atoms with Crippen LogP contribution in [0.1, 0.15) is 59.7 Å². The zero-order chi connectivity index (χ0) is 31.5. The molecule has 2 atom stereocenters. The Morgan fingerprint density at radius 2 is 1.74 bits per heavy atom. The molecule has 0 radical (unpaired) electrons. The molecule has 0 fully saturated rings. The van der Waals surface area contributed by atoms with Crippen LogP contribution in [0.15, 0.2) is 54.9 Å². The van der Waals surface area contributed by atoms with Crippen molar-refractivity contribution in [2.75, 3.05) is 0 Å². The van der Waals surface area contributed by atoms with E-state index in [0.717, 1.165) is 35.1 Å². The molecule has 2 amide bonds. The summed E-state index contributed by atoms with van der Waals surface area (Å²) in [5.74, 6) is -4.73. The van der Waals surface area contributed by atoms with Crippen LogP contribution >= 0.6 is 0 Å². The van der Waals surface area contributed by atoms with Gasteiger partial charge in [-0.05, 0) is 60.7 Å². The van der Waals surface area contributed by atoms with Crippen molar-refractivity contribution in [3.63, 3.8) is 0 Å². The summed E-state index contributed by atoms with van der Waals surface area (Å²) in [5.41, 5.74) is 4.26. The van der Waals surface area contributed by atoms with Crippen molar-refractivity contribution in [1.82, 2.24) is 20.1 Å². The molecule has 4 aromatic rings. The van der Waals surface area contributed by atoms with Gasteiger partial charge in [-0.2, -0.15) is 22.7 Å². The van der Waals surface area contributed by atoms with Gasteiger partial charge in [0.15, 0.2) is 11.5 Å². The van der Waals surface area contributed by atoms with Crippen molar-refractivity contribution in [2.45, 2.75) is 44.9 Å². The Hall–Kier alpha value is -4.86. The van der Waals surface area contributed by atoms with E-state index in [9.17, 15) is 35.9 Å². The number of primary amides is 1. The van der Waals surface area contributed by atoms with Crippen molar-refractivity contribution in [2.24, 2.45) is 11.7 Å². The molecule has 0 aliphatic heterocycles. The maximum absolute atomic E-state index is 14.2. The van der Waals surface area contributed by atoms with Gasteiger partial charge in [0.1, 0.15) is 17.7 Å². The number of nitrogens with one attached hydrogen (secondary N) is 1. The van der Waals surface area contributed by atoms with Gasteiger partial charge in [-0.1, -0.05) is 26.0 Å². The van der Waals surface area contributed by atoms with Crippen molar-refractivity contribution >= 4 is 11.8 Å². The lowest BCUT2D eigenvalue weighted by Crippen LogP contribution is -2.37. The molecule has 1 unspecified atom stereocenters. The first-order chi connectivity index (χ1) is 20.2. The summed E-state index contributed by atoms with van der Waals surface area (Å²) in [6.45, 7) is 3.55. The quantitative estimate of drug-likeness (QED) is 0.226. The van der Waals surface area contributed by atoms with Gasteiger partial charge in [-0.3, -0.25) is 19.3 Å². The first-order valence-electron chi connectivity index (χ1n) is 13.0. The number of benzene rings is 1. The van der Waals surface area contributed by atoms with Crippen LogP contribution in [0.3, 0.4) is 0 Å². The van der Waals surface area contributed by atoms with E-state index in [1.165, 1.54) is 18.3 Å². The van der Waals surface area contributed by atoms with E-state index in [2.05, 4.69) is 27.5 Å². The van der Waals surface area contributed by atoms with Crippen molar-refractivity contribution in [3.8, 4) is 11.1 Å². The van der Waals surface area contributed by atoms with Crippen LogP contribution in [0.4, 0.5) is 26.3 Å². The summed E-state index contributed by atoms with van der Waals surface area (Å²) in [4.78, 5) is 29.8. The second kappa shape index (κ2) is 12.6. The van der Waals surface area contributed by atoms with Crippen LogP contribution < -0.4 is 11.1 Å². The lowest BCUT2D eigenvalue weighted by Gasteiger charge is -2.25. The highest BCUT2D eigenvalue weighted by molar-refractivity contribution is 5.94. The van der Waals surface area contributed by atoms with Gasteiger partial charge in [-0.15, -0.1) is 0 Å². The molecule has 0 bridgehead atoms. The third-order valence-corrected chi connectivity index (χ3v) is 6.45. The van der Waals surface area contributed by atoms with E-state index >= 15 is 0 Å². The van der Waals surface area contributed by atoms with E-state index in [1.54, 1.807) is 13.8 Å². The normalized spacial score (nSPS) is 13.0. The molecule has 2 aromatic heterocycles. The van der Waals surface area contributed by atoms with Gasteiger partial charge >= 0.3 is 6.18 Å². The fraction of sp³-hybridized carbons (Fsp3) is 0.267. The molecule has 0 saturated heterocycles. The summed E-state index contributed by atoms with van der Waals surface area (Å²) < 4.78 is 83.1. The minimum absolute atomic E-state index is 0.101. The molecule has 2 heterocycles. The zero-order valence-electron chi connectivity index (χ0n) is 22.8. The Bertz CT molecular complexity index is 1620. The molecule has 0 spiro atoms. The van der Waals surface area contributed by atoms with Gasteiger partial charge in [0.2, 0.25) is 5.91 Å². The third kappa shape index (κ3) is 7.51. The lowest BCUT2D eigenvalue weighted by molar-refractivity contribution is -0.142. The molecule has 2 aromatic carbocycles. The summed E-state index contributed by atoms with van der Waals surface area (Å²) in [6.07, 6.45) is -2.42. The lowest BCUT2D eigenvalue weighted by atomic mass is 9.94. The monoisotopic (exact) mass is 601 g/mol. The average Bonchev–Trinajstić information content (AvgIpc) is 3.42. The highest BCUT2D eigenvalue weighted by Gasteiger charge is 2.35. The van der Waals surface area contributed by atoms with E-state index in [0.29, 0.717) is 6.07 Å². The average molecular weight is 602 g/mol. The first-order valence-corrected chi connectivity index (χ1v) is 13.0. The topological polar surface area (TPSA) is 103 Å². The van der Waals surface area contributed by atoms with Crippen LogP contribution in [0.2, 0.25) is 0 Å². The van der Waals surface area contributed by atoms with Crippen molar-refractivity contribution < 1.29 is 35.9 Å². The fourth-order valence-corrected chi connectivity index (χ4v) is 4.57. The van der Waals surface area contributed by atoms with Gasteiger partial charge in [0, 0.05) is 29.6 Å². The standard InChI is InChI=1S/C30H25F6N5O2/c1-16(2)10-25(41-9-7-26(40-41)30(34,35)36)29(43)39-24(13-17-11-19(31)15-20(32)12-17)27-21(4-3-8-38-27)18-5-6-23(33)22(14-18)28(37)42/h3-4,7-9,11-12,14-16,24-25H,10,13H2,1-2H3,(H2,37,42)(H,39,43)/t24-,25?/m0/s1. The maximum Gasteiger partial charge on any atom is 0.435 e. The van der Waals surface area contributed by atoms with Crippen LogP contribution in [0, 0.1) is 35.5 Å². The van der Waals surface area contributed by atoms with E-state index in [-0.39, 0.29) is 41.1 Å². The van der Waals surface area contributed by atoms with Crippen LogP contribution in [-0.2, 0) is 17.4 Å². The molecule has 43 heavy (non-hydrogen) atoms. The Labute approximate surface area is 242 Å². The van der Waals surface area contributed by atoms with E-state index in [1.807, 2.05) is 0 Å². The number of amides is 2. The predicted molar refractivity (Wildman–Crippen MR) is 142 cm³/mol. The van der Waals surface area contributed by atoms with E-state index < -0.39 is 58.8 Å². The second-order valence-corrected chi connectivity index (χ2v) is 10.2. The zero-order valence-corrected chi connectivity index (χ0v) is 22.8. The molecule has 13 heteroatoms. The molecule has 4 rings (SSSR count). The molecular weight excluding hydrogens is 576 g/mol. The number of nitrogens with two attached hydrogens (primary N) is 1. The summed E-state index contributed by atoms with van der Waals surface area (Å²) in [6, 6.07) is 10.2. The number of pyridine rings is 1. The number of carbonyl (C=O) groups excluding carboxylic acids is 2. The van der Waals surface area contributed by atoms with Gasteiger partial charge in [0.25, 0.3) is 5.91 Å². The van der Waals surface area contributed by atoms with Crippen LogP contribution in [0.5, 0.6) is 0 Å². The predicted octanol–water partition coefficient (Wildman–Crippen LogP) is 5.77. The third-order valence-electron chi connectivity index (χ3n) is 6.45. The summed E-state index contributed by atoms with van der Waals surface area (Å²) in [7, 11) is 0. The second-order valence-electron chi connectivity index (χ2n) is 10.2. The number of halogens is 6. The van der Waals surface area contributed by atoms with Crippen LogP contribution in [0.25, 0.3) is 11.1 Å². The van der Waals surface area contributed by atoms with Gasteiger partial charge < -0.3 is 11.1 Å². The minimum Gasteiger partial charge on any atom is -0.365 e. The SMILES string of the molecule is CC(C)CC(C(=O)N[C@@H](Cc1cc(F)cc(F)c1)c1ncccc1-c1c#cc(F)c(C(N)=O)c1)n1ccc(C(F)(F)F)n1. The highest BCUT2D eigenvalue weighted by atomic mass is 19.4. The minimum atomic E-state index is -4.73. The maximum atomic E-state index is 14.2. The largest absolute Gasteiger partial charge is 0.435 e. The smallest absolute Gasteiger partial charge is 0.365 e. The Morgan fingerprint density at radius 1 is 1.05 bits per heavy atom. The Kier molecular flexibility index (Phi) is 9.08. The van der Waals surface area contributed by atoms with Gasteiger partial charge in [0.05, 0.1) is 17.3 Å². The molecular formula is C30H25F6N5O2. The number of rotatable bonds is 10. The molecule has 3 N–H and O–H groups in total. The van der Waals surface area contributed by atoms with Crippen LogP contribution in [-0.4, -0.2) is 26.6 Å². The molecule has 7 nitrogen and oxygen atoms in total. The number of alkyl halides is 3. The van der Waals surface area contributed by atoms with E-state index in [4.69, 9.17) is 5.73 Å². The molecule has 0 saturated carbocycles. The van der Waals surface area contributed by atoms with Gasteiger partial charge in [-0.25, -0.2) is 8.78 Å². The highest BCUT2D eigenvalue weighted by Crippen LogP contribution is 2.31.